The first kappa shape index (κ1) is 17.0. The van der Waals surface area contributed by atoms with Gasteiger partial charge in [0.25, 0.3) is 5.91 Å². The van der Waals surface area contributed by atoms with E-state index in [2.05, 4.69) is 15.3 Å². The van der Waals surface area contributed by atoms with Crippen molar-refractivity contribution in [2.24, 2.45) is 0 Å². The lowest BCUT2D eigenvalue weighted by atomic mass is 10.2. The molecule has 0 unspecified atom stereocenters. The summed E-state index contributed by atoms with van der Waals surface area (Å²) >= 11 is 1.58. The van der Waals surface area contributed by atoms with Crippen LogP contribution in [0.2, 0.25) is 0 Å². The van der Waals surface area contributed by atoms with Crippen molar-refractivity contribution in [2.75, 3.05) is 5.32 Å². The highest BCUT2D eigenvalue weighted by Crippen LogP contribution is 2.15. The van der Waals surface area contributed by atoms with Crippen molar-refractivity contribution in [3.63, 3.8) is 0 Å². The van der Waals surface area contributed by atoms with Crippen molar-refractivity contribution in [3.8, 4) is 0 Å². The van der Waals surface area contributed by atoms with E-state index in [0.29, 0.717) is 23.1 Å². The number of amides is 1. The first-order chi connectivity index (χ1) is 12.0. The molecule has 3 rings (SSSR count). The zero-order valence-electron chi connectivity index (χ0n) is 13.5. The summed E-state index contributed by atoms with van der Waals surface area (Å²) in [6.07, 6.45) is -0.0753. The summed E-state index contributed by atoms with van der Waals surface area (Å²) in [4.78, 5) is 41.6. The van der Waals surface area contributed by atoms with Gasteiger partial charge in [-0.2, -0.15) is 0 Å². The maximum atomic E-state index is 12.2. The highest BCUT2D eigenvalue weighted by molar-refractivity contribution is 7.09. The zero-order chi connectivity index (χ0) is 17.8. The van der Waals surface area contributed by atoms with Crippen LogP contribution in [0.15, 0.2) is 40.5 Å². The van der Waals surface area contributed by atoms with E-state index >= 15 is 0 Å². The van der Waals surface area contributed by atoms with Gasteiger partial charge in [0.1, 0.15) is 0 Å². The molecule has 2 aromatic heterocycles. The average molecular weight is 359 g/mol. The minimum atomic E-state index is -0.906. The summed E-state index contributed by atoms with van der Waals surface area (Å²) in [6, 6.07) is 8.86. The number of hydrogen-bond donors (Lipinski definition) is 3. The third kappa shape index (κ3) is 4.36. The van der Waals surface area contributed by atoms with E-state index in [1.807, 2.05) is 17.5 Å². The summed E-state index contributed by atoms with van der Waals surface area (Å²) in [5.74, 6) is -0.844. The minimum Gasteiger partial charge on any atom is -0.453 e. The Labute approximate surface area is 147 Å². The van der Waals surface area contributed by atoms with Gasteiger partial charge in [0.2, 0.25) is 0 Å². The third-order valence-corrected chi connectivity index (χ3v) is 4.55. The Morgan fingerprint density at radius 1 is 1.24 bits per heavy atom. The number of fused-ring (bicyclic) bond motifs is 1. The van der Waals surface area contributed by atoms with E-state index in [0.717, 1.165) is 4.88 Å². The van der Waals surface area contributed by atoms with Crippen molar-refractivity contribution in [3.05, 3.63) is 51.1 Å². The fourth-order valence-corrected chi connectivity index (χ4v) is 3.05. The number of carbonyl (C=O) groups excluding carboxylic acids is 2. The van der Waals surface area contributed by atoms with Gasteiger partial charge in [-0.15, -0.1) is 11.3 Å². The summed E-state index contributed by atoms with van der Waals surface area (Å²) in [6.45, 7) is 1.52. The number of carbonyl (C=O) groups is 2. The molecular weight excluding hydrogens is 342 g/mol. The van der Waals surface area contributed by atoms with Gasteiger partial charge in [-0.25, -0.2) is 4.79 Å². The molecule has 0 saturated carbocycles. The van der Waals surface area contributed by atoms with E-state index in [1.54, 1.807) is 29.5 Å². The highest BCUT2D eigenvalue weighted by Gasteiger charge is 2.18. The molecule has 7 nitrogen and oxygen atoms in total. The quantitative estimate of drug-likeness (QED) is 0.588. The number of imidazole rings is 1. The Morgan fingerprint density at radius 2 is 2.04 bits per heavy atom. The van der Waals surface area contributed by atoms with Crippen LogP contribution in [-0.2, 0) is 20.7 Å². The second-order valence-corrected chi connectivity index (χ2v) is 6.57. The fourth-order valence-electron chi connectivity index (χ4n) is 2.34. The fraction of sp³-hybridized carbons (Fsp3) is 0.235. The van der Waals surface area contributed by atoms with Gasteiger partial charge in [-0.05, 0) is 43.0 Å². The molecule has 1 aromatic carbocycles. The van der Waals surface area contributed by atoms with E-state index < -0.39 is 18.0 Å². The molecule has 0 radical (unpaired) electrons. The Bertz CT molecular complexity index is 942. The number of H-pyrrole nitrogens is 2. The molecule has 1 amide bonds. The molecule has 25 heavy (non-hydrogen) atoms. The first-order valence-corrected chi connectivity index (χ1v) is 8.64. The lowest BCUT2D eigenvalue weighted by molar-refractivity contribution is -0.153. The zero-order valence-corrected chi connectivity index (χ0v) is 14.3. The summed E-state index contributed by atoms with van der Waals surface area (Å²) in [5.41, 5.74) is 1.43. The van der Waals surface area contributed by atoms with Crippen LogP contribution in [0.5, 0.6) is 0 Å². The van der Waals surface area contributed by atoms with Gasteiger partial charge in [-0.1, -0.05) is 6.07 Å². The molecule has 0 aliphatic heterocycles. The number of anilines is 1. The normalized spacial score (nSPS) is 12.0. The lowest BCUT2D eigenvalue weighted by Crippen LogP contribution is -2.30. The van der Waals surface area contributed by atoms with E-state index in [1.165, 1.54) is 6.92 Å². The van der Waals surface area contributed by atoms with Crippen LogP contribution in [0.25, 0.3) is 11.0 Å². The number of nitrogens with one attached hydrogen (secondary N) is 3. The Morgan fingerprint density at radius 3 is 2.80 bits per heavy atom. The largest absolute Gasteiger partial charge is 0.453 e. The number of aromatic amines is 2. The molecule has 0 saturated heterocycles. The van der Waals surface area contributed by atoms with Gasteiger partial charge >= 0.3 is 11.7 Å². The molecule has 1 atom stereocenters. The molecule has 8 heteroatoms. The van der Waals surface area contributed by atoms with Crippen LogP contribution in [0.1, 0.15) is 18.2 Å². The van der Waals surface area contributed by atoms with Crippen LogP contribution in [0, 0.1) is 0 Å². The molecule has 0 fully saturated rings. The standard InChI is InChI=1S/C17H17N3O4S/c1-10(24-15(21)7-5-12-3-2-8-25-12)16(22)18-11-4-6-13-14(9-11)20-17(23)19-13/h2-4,6,8-10H,5,7H2,1H3,(H,18,22)(H2,19,20,23)/t10-/m0/s1. The smallest absolute Gasteiger partial charge is 0.323 e. The van der Waals surface area contributed by atoms with Gasteiger partial charge in [0.15, 0.2) is 6.10 Å². The molecule has 3 aromatic rings. The number of thiophene rings is 1. The minimum absolute atomic E-state index is 0.231. The van der Waals surface area contributed by atoms with Crippen LogP contribution in [0.3, 0.4) is 0 Å². The van der Waals surface area contributed by atoms with Crippen LogP contribution in [0.4, 0.5) is 5.69 Å². The van der Waals surface area contributed by atoms with Gasteiger partial charge < -0.3 is 20.0 Å². The SMILES string of the molecule is C[C@H](OC(=O)CCc1cccs1)C(=O)Nc1ccc2[nH]c(=O)[nH]c2c1. The molecular formula is C17H17N3O4S. The number of benzene rings is 1. The first-order valence-electron chi connectivity index (χ1n) is 7.76. The highest BCUT2D eigenvalue weighted by atomic mass is 32.1. The van der Waals surface area contributed by atoms with Crippen LogP contribution < -0.4 is 11.0 Å². The summed E-state index contributed by atoms with van der Waals surface area (Å²) < 4.78 is 5.16. The summed E-state index contributed by atoms with van der Waals surface area (Å²) in [7, 11) is 0. The van der Waals surface area contributed by atoms with E-state index in [9.17, 15) is 14.4 Å². The van der Waals surface area contributed by atoms with Gasteiger partial charge in [0, 0.05) is 10.6 Å². The number of hydrogen-bond acceptors (Lipinski definition) is 5. The third-order valence-electron chi connectivity index (χ3n) is 3.62. The maximum Gasteiger partial charge on any atom is 0.323 e. The second-order valence-electron chi connectivity index (χ2n) is 5.54. The molecule has 3 N–H and O–H groups in total. The molecule has 0 spiro atoms. The lowest BCUT2D eigenvalue weighted by Gasteiger charge is -2.13. The summed E-state index contributed by atoms with van der Waals surface area (Å²) in [5, 5.41) is 4.62. The van der Waals surface area contributed by atoms with Crippen LogP contribution >= 0.6 is 11.3 Å². The van der Waals surface area contributed by atoms with Crippen molar-refractivity contribution in [1.82, 2.24) is 9.97 Å². The average Bonchev–Trinajstić information content (AvgIpc) is 3.20. The number of esters is 1. The van der Waals surface area contributed by atoms with Crippen molar-refractivity contribution in [2.45, 2.75) is 25.9 Å². The van der Waals surface area contributed by atoms with Crippen molar-refractivity contribution >= 4 is 39.9 Å². The van der Waals surface area contributed by atoms with E-state index in [-0.39, 0.29) is 12.1 Å². The van der Waals surface area contributed by atoms with E-state index in [4.69, 9.17) is 4.74 Å². The maximum absolute atomic E-state index is 12.2. The molecule has 0 aliphatic rings. The molecule has 2 heterocycles. The molecule has 0 bridgehead atoms. The monoisotopic (exact) mass is 359 g/mol. The Balaban J connectivity index is 1.54. The second kappa shape index (κ2) is 7.35. The van der Waals surface area contributed by atoms with Crippen LogP contribution in [-0.4, -0.2) is 27.9 Å². The predicted octanol–water partition coefficient (Wildman–Crippen LogP) is 2.42. The van der Waals surface area contributed by atoms with Gasteiger partial charge in [-0.3, -0.25) is 9.59 Å². The van der Waals surface area contributed by atoms with Crippen molar-refractivity contribution in [1.29, 1.82) is 0 Å². The molecule has 0 aliphatic carbocycles. The Hall–Kier alpha value is -2.87. The Kier molecular flexibility index (Phi) is 4.99. The molecule has 130 valence electrons. The van der Waals surface area contributed by atoms with Gasteiger partial charge in [0.05, 0.1) is 17.5 Å². The number of rotatable bonds is 6. The predicted molar refractivity (Wildman–Crippen MR) is 95.7 cm³/mol. The number of aromatic nitrogens is 2. The topological polar surface area (TPSA) is 104 Å². The number of ether oxygens (including phenoxy) is 1. The number of aryl methyl sites for hydroxylation is 1. The van der Waals surface area contributed by atoms with Crippen molar-refractivity contribution < 1.29 is 14.3 Å².